The van der Waals surface area contributed by atoms with E-state index in [2.05, 4.69) is 34.5 Å². The van der Waals surface area contributed by atoms with Gasteiger partial charge >= 0.3 is 5.69 Å². The summed E-state index contributed by atoms with van der Waals surface area (Å²) in [5.41, 5.74) is 1.18. The van der Waals surface area contributed by atoms with Gasteiger partial charge in [0.05, 0.1) is 6.61 Å². The molecule has 2 heterocycles. The van der Waals surface area contributed by atoms with Crippen molar-refractivity contribution in [2.45, 2.75) is 17.8 Å². The molecule has 1 aliphatic rings. The lowest BCUT2D eigenvalue weighted by Gasteiger charge is -2.30. The van der Waals surface area contributed by atoms with Crippen LogP contribution in [-0.4, -0.2) is 46.3 Å². The second kappa shape index (κ2) is 7.13. The summed E-state index contributed by atoms with van der Waals surface area (Å²) in [7, 11) is 1.73. The summed E-state index contributed by atoms with van der Waals surface area (Å²) in [5, 5.41) is 7.18. The quantitative estimate of drug-likeness (QED) is 0.741. The number of morpholine rings is 1. The molecule has 1 aromatic heterocycles. The molecule has 118 valence electrons. The molecule has 7 heteroatoms. The monoisotopic (exact) mass is 321 g/mol. The molecule has 3 rings (SSSR count). The Labute approximate surface area is 133 Å². The van der Waals surface area contributed by atoms with Crippen LogP contribution in [0, 0.1) is 0 Å². The Hall–Kier alpha value is -1.57. The third-order valence-electron chi connectivity index (χ3n) is 3.86. The van der Waals surface area contributed by atoms with Gasteiger partial charge in [-0.1, -0.05) is 42.1 Å². The van der Waals surface area contributed by atoms with E-state index in [0.717, 1.165) is 32.0 Å². The molecule has 0 aliphatic carbocycles. The summed E-state index contributed by atoms with van der Waals surface area (Å²) in [6, 6.07) is 10.6. The zero-order valence-corrected chi connectivity index (χ0v) is 13.4. The van der Waals surface area contributed by atoms with Gasteiger partial charge < -0.3 is 9.64 Å². The normalized spacial score (nSPS) is 21.9. The first-order chi connectivity index (χ1) is 10.7. The van der Waals surface area contributed by atoms with Gasteiger partial charge in [0.15, 0.2) is 5.16 Å². The first kappa shape index (κ1) is 15.3. The number of hydrogen-bond acceptors (Lipinski definition) is 4. The molecule has 2 atom stereocenters. The number of benzene rings is 1. The number of nitrogens with zero attached hydrogens (tertiary/aromatic N) is 2. The molecule has 1 aromatic carbocycles. The number of thioether (sulfide) groups is 1. The van der Waals surface area contributed by atoms with Crippen LogP contribution in [0.15, 0.2) is 40.3 Å². The minimum atomic E-state index is -0.177. The highest BCUT2D eigenvalue weighted by Gasteiger charge is 2.24. The highest BCUT2D eigenvalue weighted by atomic mass is 32.2. The maximum Gasteiger partial charge on any atom is 0.343 e. The molecule has 0 radical (unpaired) electrons. The Bertz CT molecular complexity index is 655. The lowest BCUT2D eigenvalue weighted by atomic mass is 10.2. The fourth-order valence-electron chi connectivity index (χ4n) is 2.63. The van der Waals surface area contributed by atoms with Crippen LogP contribution in [0.3, 0.4) is 0 Å². The van der Waals surface area contributed by atoms with Gasteiger partial charge in [-0.3, -0.25) is 4.57 Å². The fourth-order valence-corrected chi connectivity index (χ4v) is 3.57. The average Bonchev–Trinajstić information content (AvgIpc) is 2.86. The molecule has 6 nitrogen and oxygen atoms in total. The van der Waals surface area contributed by atoms with Crippen molar-refractivity contribution in [3.05, 3.63) is 46.4 Å². The van der Waals surface area contributed by atoms with E-state index in [4.69, 9.17) is 4.74 Å². The van der Waals surface area contributed by atoms with Crippen molar-refractivity contribution in [2.75, 3.05) is 25.4 Å². The smallest absolute Gasteiger partial charge is 0.343 e. The molecule has 2 N–H and O–H groups in total. The summed E-state index contributed by atoms with van der Waals surface area (Å²) < 4.78 is 7.38. The van der Waals surface area contributed by atoms with Crippen molar-refractivity contribution in [1.29, 1.82) is 0 Å². The molecule has 0 amide bonds. The molecule has 0 saturated carbocycles. The number of ether oxygens (including phenoxy) is 1. The molecule has 1 aliphatic heterocycles. The van der Waals surface area contributed by atoms with E-state index >= 15 is 0 Å². The Morgan fingerprint density at radius 2 is 2.27 bits per heavy atom. The van der Waals surface area contributed by atoms with Gasteiger partial charge in [0.25, 0.3) is 0 Å². The van der Waals surface area contributed by atoms with Crippen molar-refractivity contribution >= 4 is 11.8 Å². The molecule has 2 aromatic rings. The van der Waals surface area contributed by atoms with E-state index in [1.807, 2.05) is 6.07 Å². The number of nitrogens with one attached hydrogen (secondary N) is 2. The van der Waals surface area contributed by atoms with Gasteiger partial charge in [-0.05, 0) is 0 Å². The number of quaternary nitrogens is 1. The lowest BCUT2D eigenvalue weighted by molar-refractivity contribution is -0.924. The van der Waals surface area contributed by atoms with Gasteiger partial charge in [-0.25, -0.2) is 9.89 Å². The van der Waals surface area contributed by atoms with Crippen LogP contribution >= 0.6 is 11.8 Å². The zero-order chi connectivity index (χ0) is 15.4. The molecule has 0 bridgehead atoms. The molecular formula is C15H21N4O2S+. The van der Waals surface area contributed by atoms with Crippen molar-refractivity contribution in [3.63, 3.8) is 0 Å². The average molecular weight is 321 g/mol. The standard InChI is InChI=1S/C15H20N4O2S/c1-18-14(20)16-17-15(18)22-11-13-10-19(7-8-21-13)9-12-5-3-2-4-6-12/h2-6,13H,7-11H2,1H3,(H,16,20)/p+1/t13-/m1/s1. The molecule has 1 fully saturated rings. The maximum absolute atomic E-state index is 11.3. The van der Waals surface area contributed by atoms with E-state index in [9.17, 15) is 4.79 Å². The summed E-state index contributed by atoms with van der Waals surface area (Å²) >= 11 is 1.57. The molecule has 22 heavy (non-hydrogen) atoms. The number of aromatic amines is 1. The van der Waals surface area contributed by atoms with Gasteiger partial charge in [0.1, 0.15) is 25.7 Å². The van der Waals surface area contributed by atoms with Crippen molar-refractivity contribution in [2.24, 2.45) is 7.05 Å². The second-order valence-corrected chi connectivity index (χ2v) is 6.53. The highest BCUT2D eigenvalue weighted by molar-refractivity contribution is 7.99. The van der Waals surface area contributed by atoms with E-state index in [0.29, 0.717) is 5.16 Å². The summed E-state index contributed by atoms with van der Waals surface area (Å²) in [5.74, 6) is 0.816. The fraction of sp³-hybridized carbons (Fsp3) is 0.467. The Kier molecular flexibility index (Phi) is 4.97. The molecule has 1 saturated heterocycles. The maximum atomic E-state index is 11.3. The van der Waals surface area contributed by atoms with Gasteiger partial charge in [0.2, 0.25) is 0 Å². The Morgan fingerprint density at radius 3 is 3.00 bits per heavy atom. The van der Waals surface area contributed by atoms with Crippen LogP contribution < -0.4 is 10.6 Å². The van der Waals surface area contributed by atoms with Crippen molar-refractivity contribution < 1.29 is 9.64 Å². The van der Waals surface area contributed by atoms with Crippen LogP contribution in [0.5, 0.6) is 0 Å². The summed E-state index contributed by atoms with van der Waals surface area (Å²) in [6.07, 6.45) is 0.198. The van der Waals surface area contributed by atoms with Crippen LogP contribution in [0.2, 0.25) is 0 Å². The molecular weight excluding hydrogens is 300 g/mol. The summed E-state index contributed by atoms with van der Waals surface area (Å²) in [4.78, 5) is 12.9. The molecule has 1 unspecified atom stereocenters. The van der Waals surface area contributed by atoms with E-state index in [-0.39, 0.29) is 11.8 Å². The number of hydrogen-bond donors (Lipinski definition) is 2. The van der Waals surface area contributed by atoms with Gasteiger partial charge in [-0.2, -0.15) is 0 Å². The van der Waals surface area contributed by atoms with Crippen LogP contribution in [-0.2, 0) is 18.3 Å². The van der Waals surface area contributed by atoms with E-state index < -0.39 is 0 Å². The topological polar surface area (TPSA) is 64.3 Å². The number of H-pyrrole nitrogens is 1. The van der Waals surface area contributed by atoms with E-state index in [1.54, 1.807) is 23.7 Å². The third-order valence-corrected chi connectivity index (χ3v) is 5.02. The van der Waals surface area contributed by atoms with Crippen molar-refractivity contribution in [3.8, 4) is 0 Å². The van der Waals surface area contributed by atoms with Crippen LogP contribution in [0.4, 0.5) is 0 Å². The minimum Gasteiger partial charge on any atom is -0.366 e. The SMILES string of the molecule is Cn1c(SC[C@H]2C[NH+](Cc3ccccc3)CCO2)n[nH]c1=O. The minimum absolute atomic E-state index is 0.177. The predicted molar refractivity (Wildman–Crippen MR) is 85.1 cm³/mol. The Balaban J connectivity index is 1.52. The van der Waals surface area contributed by atoms with Crippen LogP contribution in [0.25, 0.3) is 0 Å². The van der Waals surface area contributed by atoms with Crippen molar-refractivity contribution in [1.82, 2.24) is 14.8 Å². The first-order valence-corrected chi connectivity index (χ1v) is 8.44. The first-order valence-electron chi connectivity index (χ1n) is 7.45. The largest absolute Gasteiger partial charge is 0.366 e. The van der Waals surface area contributed by atoms with Gasteiger partial charge in [0, 0.05) is 18.4 Å². The third kappa shape index (κ3) is 3.79. The number of aromatic nitrogens is 3. The number of rotatable bonds is 5. The second-order valence-electron chi connectivity index (χ2n) is 5.54. The van der Waals surface area contributed by atoms with Crippen LogP contribution in [0.1, 0.15) is 5.56 Å². The van der Waals surface area contributed by atoms with Gasteiger partial charge in [-0.15, -0.1) is 5.10 Å². The lowest BCUT2D eigenvalue weighted by Crippen LogP contribution is -3.13. The summed E-state index contributed by atoms with van der Waals surface area (Å²) in [6.45, 7) is 3.84. The highest BCUT2D eigenvalue weighted by Crippen LogP contribution is 2.14. The Morgan fingerprint density at radius 1 is 1.45 bits per heavy atom. The predicted octanol–water partition coefficient (Wildman–Crippen LogP) is -0.316. The van der Waals surface area contributed by atoms with E-state index in [1.165, 1.54) is 10.1 Å². The molecule has 0 spiro atoms. The zero-order valence-electron chi connectivity index (χ0n) is 12.6.